The number of rotatable bonds is 6. The number of hydrogen-bond donors (Lipinski definition) is 2. The molecular formula is C11H17N3O4S. The number of carboxylic acid groups (broad SMARTS) is 1. The van der Waals surface area contributed by atoms with Gasteiger partial charge in [-0.25, -0.2) is 13.1 Å². The van der Waals surface area contributed by atoms with Crippen molar-refractivity contribution in [3.63, 3.8) is 0 Å². The summed E-state index contributed by atoms with van der Waals surface area (Å²) in [5.41, 5.74) is 1.25. The van der Waals surface area contributed by atoms with Crippen molar-refractivity contribution in [2.45, 2.75) is 32.2 Å². The van der Waals surface area contributed by atoms with Crippen LogP contribution in [-0.4, -0.2) is 35.8 Å². The normalized spacial score (nSPS) is 11.5. The molecule has 0 spiro atoms. The minimum atomic E-state index is -3.72. The number of aryl methyl sites for hydroxylation is 1. The van der Waals surface area contributed by atoms with Gasteiger partial charge in [-0.1, -0.05) is 12.2 Å². The van der Waals surface area contributed by atoms with E-state index in [2.05, 4.69) is 16.4 Å². The summed E-state index contributed by atoms with van der Waals surface area (Å²) in [5, 5.41) is 12.7. The summed E-state index contributed by atoms with van der Waals surface area (Å²) in [7, 11) is -3.72. The lowest BCUT2D eigenvalue weighted by Gasteiger charge is -2.07. The van der Waals surface area contributed by atoms with E-state index >= 15 is 0 Å². The van der Waals surface area contributed by atoms with Crippen LogP contribution in [-0.2, 0) is 21.4 Å². The third-order valence-corrected chi connectivity index (χ3v) is 4.09. The third kappa shape index (κ3) is 3.65. The molecule has 0 aliphatic heterocycles. The molecule has 0 aromatic carbocycles. The van der Waals surface area contributed by atoms with Crippen LogP contribution < -0.4 is 4.72 Å². The van der Waals surface area contributed by atoms with E-state index in [1.165, 1.54) is 13.8 Å². The van der Waals surface area contributed by atoms with E-state index < -0.39 is 16.0 Å². The second-order valence-corrected chi connectivity index (χ2v) is 6.04. The van der Waals surface area contributed by atoms with Crippen molar-refractivity contribution in [2.75, 3.05) is 6.54 Å². The average molecular weight is 287 g/mol. The van der Waals surface area contributed by atoms with Crippen LogP contribution in [0.4, 0.5) is 0 Å². The first-order valence-electron chi connectivity index (χ1n) is 5.55. The van der Waals surface area contributed by atoms with Gasteiger partial charge in [0.2, 0.25) is 10.0 Å². The number of sulfonamides is 1. The SMILES string of the molecule is C=C(C)CNS(=O)(=O)c1c(C)nn(CC(=O)O)c1C. The Hall–Kier alpha value is -1.67. The smallest absolute Gasteiger partial charge is 0.325 e. The van der Waals surface area contributed by atoms with Crippen molar-refractivity contribution >= 4 is 16.0 Å². The van der Waals surface area contributed by atoms with Gasteiger partial charge in [-0.3, -0.25) is 9.48 Å². The molecule has 2 N–H and O–H groups in total. The molecular weight excluding hydrogens is 270 g/mol. The number of carboxylic acids is 1. The molecule has 0 aliphatic carbocycles. The molecule has 0 radical (unpaired) electrons. The van der Waals surface area contributed by atoms with Gasteiger partial charge >= 0.3 is 5.97 Å². The van der Waals surface area contributed by atoms with Crippen molar-refractivity contribution in [1.82, 2.24) is 14.5 Å². The topological polar surface area (TPSA) is 101 Å². The standard InChI is InChI=1S/C11H17N3O4S/c1-7(2)5-12-19(17,18)11-8(3)13-14(9(11)4)6-10(15)16/h12H,1,5-6H2,2-4H3,(H,15,16). The number of aliphatic carboxylic acids is 1. The molecule has 1 aromatic heterocycles. The fraction of sp³-hybridized carbons (Fsp3) is 0.455. The van der Waals surface area contributed by atoms with Crippen molar-refractivity contribution < 1.29 is 18.3 Å². The van der Waals surface area contributed by atoms with Crippen LogP contribution in [0, 0.1) is 13.8 Å². The first-order chi connectivity index (χ1) is 8.65. The maximum atomic E-state index is 12.1. The van der Waals surface area contributed by atoms with Gasteiger partial charge < -0.3 is 5.11 Å². The van der Waals surface area contributed by atoms with Crippen LogP contribution in [0.5, 0.6) is 0 Å². The van der Waals surface area contributed by atoms with Crippen LogP contribution >= 0.6 is 0 Å². The van der Waals surface area contributed by atoms with Crippen LogP contribution in [0.15, 0.2) is 17.0 Å². The molecule has 7 nitrogen and oxygen atoms in total. The quantitative estimate of drug-likeness (QED) is 0.739. The maximum Gasteiger partial charge on any atom is 0.325 e. The third-order valence-electron chi connectivity index (χ3n) is 2.43. The second kappa shape index (κ2) is 5.54. The van der Waals surface area contributed by atoms with Gasteiger partial charge in [-0.15, -0.1) is 0 Å². The van der Waals surface area contributed by atoms with E-state index in [1.54, 1.807) is 6.92 Å². The molecule has 106 valence electrons. The summed E-state index contributed by atoms with van der Waals surface area (Å²) in [6, 6.07) is 0. The van der Waals surface area contributed by atoms with Gasteiger partial charge in [-0.05, 0) is 20.8 Å². The molecule has 1 rings (SSSR count). The van der Waals surface area contributed by atoms with Crippen molar-refractivity contribution in [2.24, 2.45) is 0 Å². The number of hydrogen-bond acceptors (Lipinski definition) is 4. The second-order valence-electron chi connectivity index (χ2n) is 4.33. The van der Waals surface area contributed by atoms with Gasteiger partial charge in [0.05, 0.1) is 11.4 Å². The molecule has 0 bridgehead atoms. The molecule has 19 heavy (non-hydrogen) atoms. The van der Waals surface area contributed by atoms with Crippen molar-refractivity contribution in [1.29, 1.82) is 0 Å². The van der Waals surface area contributed by atoms with Crippen LogP contribution in [0.2, 0.25) is 0 Å². The highest BCUT2D eigenvalue weighted by atomic mass is 32.2. The Morgan fingerprint density at radius 1 is 1.47 bits per heavy atom. The fourth-order valence-electron chi connectivity index (χ4n) is 1.64. The molecule has 1 aromatic rings. The van der Waals surface area contributed by atoms with E-state index in [0.717, 1.165) is 4.68 Å². The highest BCUT2D eigenvalue weighted by Gasteiger charge is 2.24. The number of carbonyl (C=O) groups is 1. The van der Waals surface area contributed by atoms with Crippen LogP contribution in [0.3, 0.4) is 0 Å². The Bertz CT molecular complexity index is 616. The molecule has 0 unspecified atom stereocenters. The Kier molecular flexibility index (Phi) is 4.48. The summed E-state index contributed by atoms with van der Waals surface area (Å²) >= 11 is 0. The monoisotopic (exact) mass is 287 g/mol. The molecule has 0 atom stereocenters. The number of nitrogens with one attached hydrogen (secondary N) is 1. The summed E-state index contributed by atoms with van der Waals surface area (Å²) in [5.74, 6) is -1.08. The highest BCUT2D eigenvalue weighted by molar-refractivity contribution is 7.89. The van der Waals surface area contributed by atoms with Gasteiger partial charge in [0.25, 0.3) is 0 Å². The first-order valence-corrected chi connectivity index (χ1v) is 7.03. The van der Waals surface area contributed by atoms with E-state index in [1.807, 2.05) is 0 Å². The largest absolute Gasteiger partial charge is 0.480 e. The fourth-order valence-corrected chi connectivity index (χ4v) is 3.15. The van der Waals surface area contributed by atoms with Gasteiger partial charge in [0.1, 0.15) is 11.4 Å². The Morgan fingerprint density at radius 3 is 2.53 bits per heavy atom. The zero-order valence-corrected chi connectivity index (χ0v) is 11.9. The molecule has 0 saturated carbocycles. The summed E-state index contributed by atoms with van der Waals surface area (Å²) in [6.07, 6.45) is 0. The minimum absolute atomic E-state index is 0.0231. The molecule has 0 amide bonds. The van der Waals surface area contributed by atoms with E-state index in [-0.39, 0.29) is 23.7 Å². The Balaban J connectivity index is 3.16. The number of aromatic nitrogens is 2. The van der Waals surface area contributed by atoms with Gasteiger partial charge in [0, 0.05) is 6.54 Å². The van der Waals surface area contributed by atoms with Crippen molar-refractivity contribution in [3.05, 3.63) is 23.5 Å². The maximum absolute atomic E-state index is 12.1. The molecule has 8 heteroatoms. The molecule has 1 heterocycles. The minimum Gasteiger partial charge on any atom is -0.480 e. The summed E-state index contributed by atoms with van der Waals surface area (Å²) in [6.45, 7) is 8.13. The van der Waals surface area contributed by atoms with E-state index in [0.29, 0.717) is 11.3 Å². The summed E-state index contributed by atoms with van der Waals surface area (Å²) in [4.78, 5) is 10.7. The van der Waals surface area contributed by atoms with Crippen molar-refractivity contribution in [3.8, 4) is 0 Å². The van der Waals surface area contributed by atoms with Gasteiger partial charge in [-0.2, -0.15) is 5.10 Å². The average Bonchev–Trinajstić information content (AvgIpc) is 2.51. The lowest BCUT2D eigenvalue weighted by Crippen LogP contribution is -2.26. The Morgan fingerprint density at radius 2 is 2.05 bits per heavy atom. The Labute approximate surface area is 112 Å². The first kappa shape index (κ1) is 15.4. The van der Waals surface area contributed by atoms with Crippen LogP contribution in [0.1, 0.15) is 18.3 Å². The van der Waals surface area contributed by atoms with Crippen LogP contribution in [0.25, 0.3) is 0 Å². The highest BCUT2D eigenvalue weighted by Crippen LogP contribution is 2.19. The zero-order valence-electron chi connectivity index (χ0n) is 11.1. The van der Waals surface area contributed by atoms with E-state index in [9.17, 15) is 13.2 Å². The lowest BCUT2D eigenvalue weighted by atomic mass is 10.4. The predicted molar refractivity (Wildman–Crippen MR) is 69.3 cm³/mol. The number of nitrogens with zero attached hydrogens (tertiary/aromatic N) is 2. The predicted octanol–water partition coefficient (Wildman–Crippen LogP) is 0.439. The molecule has 0 fully saturated rings. The molecule has 0 saturated heterocycles. The van der Waals surface area contributed by atoms with Gasteiger partial charge in [0.15, 0.2) is 0 Å². The zero-order chi connectivity index (χ0) is 14.8. The van der Waals surface area contributed by atoms with E-state index in [4.69, 9.17) is 5.11 Å². The molecule has 0 aliphatic rings. The lowest BCUT2D eigenvalue weighted by molar-refractivity contribution is -0.137. The summed E-state index contributed by atoms with van der Waals surface area (Å²) < 4.78 is 27.8.